The molecule has 4 rings (SSSR count). The van der Waals surface area contributed by atoms with Gasteiger partial charge in [0.05, 0.1) is 30.5 Å². The van der Waals surface area contributed by atoms with Crippen molar-refractivity contribution in [2.45, 2.75) is 13.0 Å². The second-order valence-corrected chi connectivity index (χ2v) is 7.58. The van der Waals surface area contributed by atoms with Gasteiger partial charge in [0, 0.05) is 13.7 Å². The Labute approximate surface area is 186 Å². The number of fused-ring (bicyclic) bond motifs is 1. The van der Waals surface area contributed by atoms with E-state index in [1.54, 1.807) is 30.2 Å². The molecule has 0 saturated heterocycles. The number of aromatic amines is 1. The largest absolute Gasteiger partial charge is 0.383 e. The summed E-state index contributed by atoms with van der Waals surface area (Å²) in [5, 5.41) is 0.532. The summed E-state index contributed by atoms with van der Waals surface area (Å²) in [5.41, 5.74) is 3.58. The number of ether oxygens (including phenoxy) is 1. The zero-order valence-electron chi connectivity index (χ0n) is 18.0. The first-order valence-electron chi connectivity index (χ1n) is 10.5. The summed E-state index contributed by atoms with van der Waals surface area (Å²) in [4.78, 5) is 34.5. The Morgan fingerprint density at radius 3 is 2.38 bits per heavy atom. The lowest BCUT2D eigenvalue weighted by molar-refractivity contribution is -0.131. The van der Waals surface area contributed by atoms with Crippen LogP contribution in [0.4, 0.5) is 0 Å². The summed E-state index contributed by atoms with van der Waals surface area (Å²) in [6.45, 7) is 1.02. The van der Waals surface area contributed by atoms with Crippen molar-refractivity contribution in [2.75, 3.05) is 20.3 Å². The van der Waals surface area contributed by atoms with Gasteiger partial charge < -0.3 is 14.6 Å². The quantitative estimate of drug-likeness (QED) is 0.464. The number of hydrogen-bond acceptors (Lipinski definition) is 4. The van der Waals surface area contributed by atoms with Gasteiger partial charge in [-0.05, 0) is 28.8 Å². The maximum absolute atomic E-state index is 13.1. The Balaban J connectivity index is 1.50. The molecule has 6 nitrogen and oxygen atoms in total. The molecule has 1 heterocycles. The van der Waals surface area contributed by atoms with Crippen LogP contribution in [-0.4, -0.2) is 41.0 Å². The van der Waals surface area contributed by atoms with Crippen molar-refractivity contribution in [1.29, 1.82) is 0 Å². The summed E-state index contributed by atoms with van der Waals surface area (Å²) in [7, 11) is 1.60. The van der Waals surface area contributed by atoms with E-state index < -0.39 is 0 Å². The van der Waals surface area contributed by atoms with E-state index in [2.05, 4.69) is 22.1 Å². The Hall–Kier alpha value is -3.77. The summed E-state index contributed by atoms with van der Waals surface area (Å²) in [6, 6.07) is 25.3. The fraction of sp³-hybridized carbons (Fsp3) is 0.192. The Kier molecular flexibility index (Phi) is 6.72. The Morgan fingerprint density at radius 1 is 0.938 bits per heavy atom. The Bertz CT molecular complexity index is 1250. The number of rotatable bonds is 8. The first-order valence-corrected chi connectivity index (χ1v) is 10.5. The second-order valence-electron chi connectivity index (χ2n) is 7.58. The smallest absolute Gasteiger partial charge is 0.258 e. The number of nitrogens with zero attached hydrogens (tertiary/aromatic N) is 2. The van der Waals surface area contributed by atoms with Crippen LogP contribution in [0, 0.1) is 0 Å². The number of aromatic nitrogens is 2. The molecule has 0 aliphatic rings. The van der Waals surface area contributed by atoms with Gasteiger partial charge in [0.15, 0.2) is 0 Å². The lowest BCUT2D eigenvalue weighted by Crippen LogP contribution is -2.35. The van der Waals surface area contributed by atoms with Gasteiger partial charge in [-0.15, -0.1) is 0 Å². The van der Waals surface area contributed by atoms with Gasteiger partial charge in [-0.3, -0.25) is 9.59 Å². The molecular formula is C26H25N3O3. The molecule has 1 aromatic heterocycles. The fourth-order valence-corrected chi connectivity index (χ4v) is 3.62. The molecule has 0 fully saturated rings. The number of carbonyl (C=O) groups excluding carboxylic acids is 1. The predicted octanol–water partition coefficient (Wildman–Crippen LogP) is 3.81. The van der Waals surface area contributed by atoms with Crippen molar-refractivity contribution in [3.05, 3.63) is 101 Å². The van der Waals surface area contributed by atoms with Gasteiger partial charge in [0.2, 0.25) is 5.91 Å². The summed E-state index contributed by atoms with van der Waals surface area (Å²) in [5.74, 6) is 0.405. The van der Waals surface area contributed by atoms with Gasteiger partial charge in [0.1, 0.15) is 5.82 Å². The molecule has 0 radical (unpaired) electrons. The van der Waals surface area contributed by atoms with Crippen molar-refractivity contribution in [2.24, 2.45) is 0 Å². The van der Waals surface area contributed by atoms with E-state index in [0.29, 0.717) is 29.9 Å². The monoisotopic (exact) mass is 427 g/mol. The molecule has 0 spiro atoms. The molecule has 3 aromatic carbocycles. The van der Waals surface area contributed by atoms with Crippen LogP contribution in [0.25, 0.3) is 22.0 Å². The zero-order chi connectivity index (χ0) is 22.3. The molecule has 1 N–H and O–H groups in total. The highest BCUT2D eigenvalue weighted by Gasteiger charge is 2.16. The maximum Gasteiger partial charge on any atom is 0.258 e. The van der Waals surface area contributed by atoms with E-state index in [4.69, 9.17) is 4.74 Å². The van der Waals surface area contributed by atoms with Gasteiger partial charge in [0.25, 0.3) is 5.56 Å². The number of hydrogen-bond donors (Lipinski definition) is 1. The molecule has 0 bridgehead atoms. The molecule has 0 aliphatic carbocycles. The zero-order valence-corrected chi connectivity index (χ0v) is 18.0. The number of benzene rings is 3. The molecule has 0 unspecified atom stereocenters. The van der Waals surface area contributed by atoms with Crippen molar-refractivity contribution < 1.29 is 9.53 Å². The molecule has 162 valence electrons. The average Bonchev–Trinajstić information content (AvgIpc) is 2.83. The molecular weight excluding hydrogens is 402 g/mol. The highest BCUT2D eigenvalue weighted by atomic mass is 16.5. The van der Waals surface area contributed by atoms with Crippen LogP contribution in [0.3, 0.4) is 0 Å². The normalized spacial score (nSPS) is 10.9. The standard InChI is InChI=1S/C26H25N3O3/c1-32-16-15-29(18-24-27-23-10-6-5-9-22(23)26(31)28-24)25(30)17-19-11-13-21(14-12-19)20-7-3-2-4-8-20/h2-14H,15-18H2,1H3,(H,27,28,31). The molecule has 32 heavy (non-hydrogen) atoms. The van der Waals surface area contributed by atoms with Gasteiger partial charge in [-0.25, -0.2) is 4.98 Å². The number of H-pyrrole nitrogens is 1. The highest BCUT2D eigenvalue weighted by Crippen LogP contribution is 2.19. The fourth-order valence-electron chi connectivity index (χ4n) is 3.62. The molecule has 0 saturated carbocycles. The van der Waals surface area contributed by atoms with Crippen LogP contribution in [0.5, 0.6) is 0 Å². The van der Waals surface area contributed by atoms with E-state index in [1.165, 1.54) is 0 Å². The van der Waals surface area contributed by atoms with Gasteiger partial charge in [-0.2, -0.15) is 0 Å². The molecule has 4 aromatic rings. The van der Waals surface area contributed by atoms with E-state index in [-0.39, 0.29) is 24.4 Å². The van der Waals surface area contributed by atoms with E-state index >= 15 is 0 Å². The summed E-state index contributed by atoms with van der Waals surface area (Å²) in [6.07, 6.45) is 0.261. The summed E-state index contributed by atoms with van der Waals surface area (Å²) < 4.78 is 5.18. The topological polar surface area (TPSA) is 75.3 Å². The van der Waals surface area contributed by atoms with Crippen LogP contribution < -0.4 is 5.56 Å². The van der Waals surface area contributed by atoms with E-state index in [1.807, 2.05) is 48.5 Å². The SMILES string of the molecule is COCCN(Cc1nc2ccccc2c(=O)[nH]1)C(=O)Cc1ccc(-c2ccccc2)cc1. The van der Waals surface area contributed by atoms with Crippen molar-refractivity contribution in [1.82, 2.24) is 14.9 Å². The van der Waals surface area contributed by atoms with Crippen molar-refractivity contribution in [3.63, 3.8) is 0 Å². The highest BCUT2D eigenvalue weighted by molar-refractivity contribution is 5.79. The average molecular weight is 428 g/mol. The van der Waals surface area contributed by atoms with Gasteiger partial charge in [-0.1, -0.05) is 66.7 Å². The van der Waals surface area contributed by atoms with E-state index in [9.17, 15) is 9.59 Å². The number of methoxy groups -OCH3 is 1. The second kappa shape index (κ2) is 10.0. The number of nitrogens with one attached hydrogen (secondary N) is 1. The first-order chi connectivity index (χ1) is 15.6. The van der Waals surface area contributed by atoms with Crippen LogP contribution >= 0.6 is 0 Å². The molecule has 0 atom stereocenters. The number of carbonyl (C=O) groups is 1. The third-order valence-electron chi connectivity index (χ3n) is 5.34. The third kappa shape index (κ3) is 5.10. The van der Waals surface area contributed by atoms with E-state index in [0.717, 1.165) is 16.7 Å². The lowest BCUT2D eigenvalue weighted by atomic mass is 10.0. The lowest BCUT2D eigenvalue weighted by Gasteiger charge is -2.22. The van der Waals surface area contributed by atoms with Crippen LogP contribution in [0.2, 0.25) is 0 Å². The predicted molar refractivity (Wildman–Crippen MR) is 125 cm³/mol. The first kappa shape index (κ1) is 21.5. The minimum absolute atomic E-state index is 0.0506. The van der Waals surface area contributed by atoms with Crippen LogP contribution in [0.15, 0.2) is 83.7 Å². The Morgan fingerprint density at radius 2 is 1.62 bits per heavy atom. The number of amides is 1. The van der Waals surface area contributed by atoms with Gasteiger partial charge >= 0.3 is 0 Å². The van der Waals surface area contributed by atoms with Crippen molar-refractivity contribution in [3.8, 4) is 11.1 Å². The minimum atomic E-state index is -0.207. The van der Waals surface area contributed by atoms with Crippen molar-refractivity contribution >= 4 is 16.8 Å². The maximum atomic E-state index is 13.1. The molecule has 6 heteroatoms. The number of para-hydroxylation sites is 1. The summed E-state index contributed by atoms with van der Waals surface area (Å²) >= 11 is 0. The van der Waals surface area contributed by atoms with Crippen LogP contribution in [0.1, 0.15) is 11.4 Å². The van der Waals surface area contributed by atoms with Crippen LogP contribution in [-0.2, 0) is 22.5 Å². The molecule has 1 amide bonds. The minimum Gasteiger partial charge on any atom is -0.383 e. The molecule has 0 aliphatic heterocycles. The third-order valence-corrected chi connectivity index (χ3v) is 5.34.